The van der Waals surface area contributed by atoms with Crippen LogP contribution < -0.4 is 5.32 Å². The molecule has 1 N–H and O–H groups in total. The molecule has 4 nitrogen and oxygen atoms in total. The minimum absolute atomic E-state index is 0.102. The lowest BCUT2D eigenvalue weighted by Crippen LogP contribution is -2.47. The Balaban J connectivity index is 1.60. The summed E-state index contributed by atoms with van der Waals surface area (Å²) < 4.78 is 52.6. The van der Waals surface area contributed by atoms with E-state index in [1.165, 1.54) is 71.3 Å². The van der Waals surface area contributed by atoms with Crippen molar-refractivity contribution in [3.63, 3.8) is 0 Å². The summed E-state index contributed by atoms with van der Waals surface area (Å²) >= 11 is 13.5. The Kier molecular flexibility index (Phi) is 7.82. The van der Waals surface area contributed by atoms with E-state index in [2.05, 4.69) is 5.32 Å². The van der Waals surface area contributed by atoms with Crippen molar-refractivity contribution in [1.29, 1.82) is 0 Å². The van der Waals surface area contributed by atoms with Gasteiger partial charge in [0.05, 0.1) is 16.1 Å². The minimum atomic E-state index is -4.51. The van der Waals surface area contributed by atoms with E-state index in [-0.39, 0.29) is 28.4 Å². The van der Waals surface area contributed by atoms with Gasteiger partial charge in [-0.3, -0.25) is 9.59 Å². The number of nitrogens with zero attached hydrogens (tertiary/aromatic N) is 1. The Hall–Kier alpha value is -2.75. The highest BCUT2D eigenvalue weighted by molar-refractivity contribution is 7.99. The molecule has 2 amide bonds. The highest BCUT2D eigenvalue weighted by atomic mass is 35.5. The van der Waals surface area contributed by atoms with Gasteiger partial charge in [-0.05, 0) is 53.6 Å². The topological polar surface area (TPSA) is 49.4 Å². The number of hydrogen-bond donors (Lipinski definition) is 1. The zero-order valence-corrected chi connectivity index (χ0v) is 20.7. The number of rotatable bonds is 5. The molecule has 3 aromatic rings. The van der Waals surface area contributed by atoms with Crippen LogP contribution >= 0.6 is 35.0 Å². The van der Waals surface area contributed by atoms with Gasteiger partial charge in [0.1, 0.15) is 17.2 Å². The fourth-order valence-corrected chi connectivity index (χ4v) is 5.73. The zero-order chi connectivity index (χ0) is 26.0. The van der Waals surface area contributed by atoms with Gasteiger partial charge in [0.2, 0.25) is 5.91 Å². The van der Waals surface area contributed by atoms with Gasteiger partial charge in [-0.2, -0.15) is 13.2 Å². The summed E-state index contributed by atoms with van der Waals surface area (Å²) in [5, 5.41) is 2.45. The van der Waals surface area contributed by atoms with Gasteiger partial charge < -0.3 is 10.2 Å². The molecule has 0 spiro atoms. The fraction of sp³-hybridized carbons (Fsp3) is 0.200. The molecule has 1 saturated heterocycles. The van der Waals surface area contributed by atoms with E-state index >= 15 is 0 Å². The number of alkyl halides is 3. The maximum absolute atomic E-state index is 13.6. The molecule has 1 heterocycles. The van der Waals surface area contributed by atoms with Gasteiger partial charge in [0.25, 0.3) is 5.91 Å². The third-order valence-corrected chi connectivity index (χ3v) is 7.45. The minimum Gasteiger partial charge on any atom is -0.350 e. The molecule has 0 aromatic heterocycles. The second kappa shape index (κ2) is 10.7. The van der Waals surface area contributed by atoms with Crippen LogP contribution in [0.5, 0.6) is 0 Å². The van der Waals surface area contributed by atoms with Crippen LogP contribution in [0.2, 0.25) is 10.0 Å². The summed E-state index contributed by atoms with van der Waals surface area (Å²) in [7, 11) is 0. The van der Waals surface area contributed by atoms with Crippen molar-refractivity contribution in [3.05, 3.63) is 105 Å². The quantitative estimate of drug-likeness (QED) is 0.355. The highest BCUT2D eigenvalue weighted by Crippen LogP contribution is 2.43. The van der Waals surface area contributed by atoms with Gasteiger partial charge in [-0.15, -0.1) is 11.8 Å². The smallest absolute Gasteiger partial charge is 0.350 e. The average Bonchev–Trinajstić information content (AvgIpc) is 3.27. The van der Waals surface area contributed by atoms with Crippen LogP contribution in [-0.4, -0.2) is 28.5 Å². The molecule has 0 bridgehead atoms. The van der Waals surface area contributed by atoms with E-state index in [4.69, 9.17) is 23.2 Å². The number of thioether (sulfide) groups is 1. The first kappa shape index (κ1) is 26.3. The van der Waals surface area contributed by atoms with Crippen LogP contribution in [0.3, 0.4) is 0 Å². The fourth-order valence-electron chi connectivity index (χ4n) is 3.81. The Morgan fingerprint density at radius 3 is 2.42 bits per heavy atom. The first-order valence-corrected chi connectivity index (χ1v) is 12.4. The molecular formula is C25H18Cl2F4N2O2S. The van der Waals surface area contributed by atoms with Crippen LogP contribution in [0, 0.1) is 5.82 Å². The zero-order valence-electron chi connectivity index (χ0n) is 18.4. The number of hydrogen-bond acceptors (Lipinski definition) is 3. The largest absolute Gasteiger partial charge is 0.416 e. The van der Waals surface area contributed by atoms with E-state index < -0.39 is 40.8 Å². The van der Waals surface area contributed by atoms with E-state index in [0.29, 0.717) is 10.6 Å². The van der Waals surface area contributed by atoms with Gasteiger partial charge >= 0.3 is 6.18 Å². The predicted octanol–water partition coefficient (Wildman–Crippen LogP) is 6.72. The number of carbonyl (C=O) groups excluding carboxylic acids is 2. The molecule has 1 aliphatic heterocycles. The molecule has 1 aliphatic rings. The number of benzene rings is 3. The SMILES string of the molecule is O=C(NCc1cccc(C(F)(F)F)c1)C1CSC(c2ccc(F)cc2)N1C(=O)c1ccc(Cl)cc1Cl. The first-order valence-electron chi connectivity index (χ1n) is 10.6. The Labute approximate surface area is 218 Å². The van der Waals surface area contributed by atoms with Crippen LogP contribution in [0.25, 0.3) is 0 Å². The average molecular weight is 557 g/mol. The van der Waals surface area contributed by atoms with Crippen molar-refractivity contribution in [3.8, 4) is 0 Å². The van der Waals surface area contributed by atoms with Crippen LogP contribution in [0.15, 0.2) is 66.7 Å². The normalized spacial score (nSPS) is 17.8. The summed E-state index contributed by atoms with van der Waals surface area (Å²) in [4.78, 5) is 28.1. The Bertz CT molecular complexity index is 1290. The van der Waals surface area contributed by atoms with Crippen molar-refractivity contribution in [2.24, 2.45) is 0 Å². The van der Waals surface area contributed by atoms with Crippen LogP contribution in [-0.2, 0) is 17.5 Å². The van der Waals surface area contributed by atoms with Gasteiger partial charge in [-0.25, -0.2) is 4.39 Å². The second-order valence-electron chi connectivity index (χ2n) is 8.01. The standard InChI is InChI=1S/C25H18Cl2F4N2O2S/c26-17-6-9-19(20(27)11-17)23(35)33-21(13-36-24(33)15-4-7-18(28)8-5-15)22(34)32-12-14-2-1-3-16(10-14)25(29,30)31/h1-11,21,24H,12-13H2,(H,32,34). The number of halogens is 6. The summed E-state index contributed by atoms with van der Waals surface area (Å²) in [6.45, 7) is -0.158. The third-order valence-electron chi connectivity index (χ3n) is 5.58. The lowest BCUT2D eigenvalue weighted by molar-refractivity contribution is -0.137. The molecule has 2 atom stereocenters. The van der Waals surface area contributed by atoms with Crippen molar-refractivity contribution >= 4 is 46.8 Å². The molecule has 0 radical (unpaired) electrons. The predicted molar refractivity (Wildman–Crippen MR) is 131 cm³/mol. The summed E-state index contributed by atoms with van der Waals surface area (Å²) in [5.74, 6) is -1.30. The maximum atomic E-state index is 13.6. The van der Waals surface area contributed by atoms with Gasteiger partial charge in [0.15, 0.2) is 0 Å². The molecule has 0 saturated carbocycles. The highest BCUT2D eigenvalue weighted by Gasteiger charge is 2.43. The van der Waals surface area contributed by atoms with E-state index in [9.17, 15) is 27.2 Å². The monoisotopic (exact) mass is 556 g/mol. The van der Waals surface area contributed by atoms with E-state index in [0.717, 1.165) is 12.1 Å². The lowest BCUT2D eigenvalue weighted by atomic mass is 10.1. The van der Waals surface area contributed by atoms with Crippen LogP contribution in [0.1, 0.15) is 32.4 Å². The Morgan fingerprint density at radius 2 is 1.75 bits per heavy atom. The number of nitrogens with one attached hydrogen (secondary N) is 1. The lowest BCUT2D eigenvalue weighted by Gasteiger charge is -2.29. The van der Waals surface area contributed by atoms with Gasteiger partial charge in [0, 0.05) is 17.3 Å². The Morgan fingerprint density at radius 1 is 1.03 bits per heavy atom. The molecule has 36 heavy (non-hydrogen) atoms. The molecule has 1 fully saturated rings. The summed E-state index contributed by atoms with van der Waals surface area (Å²) in [6.07, 6.45) is -4.51. The summed E-state index contributed by atoms with van der Waals surface area (Å²) in [5.41, 5.74) is 0.174. The molecule has 188 valence electrons. The van der Waals surface area contributed by atoms with Crippen molar-refractivity contribution in [1.82, 2.24) is 10.2 Å². The van der Waals surface area contributed by atoms with Crippen molar-refractivity contribution in [2.75, 3.05) is 5.75 Å². The van der Waals surface area contributed by atoms with E-state index in [1.807, 2.05) is 0 Å². The number of carbonyl (C=O) groups is 2. The first-order chi connectivity index (χ1) is 17.0. The molecule has 2 unspecified atom stereocenters. The van der Waals surface area contributed by atoms with E-state index in [1.54, 1.807) is 0 Å². The molecule has 11 heteroatoms. The number of amides is 2. The third kappa shape index (κ3) is 5.79. The van der Waals surface area contributed by atoms with Crippen molar-refractivity contribution < 1.29 is 27.2 Å². The molecule has 3 aromatic carbocycles. The second-order valence-corrected chi connectivity index (χ2v) is 9.96. The maximum Gasteiger partial charge on any atom is 0.416 e. The molecule has 4 rings (SSSR count). The van der Waals surface area contributed by atoms with Crippen molar-refractivity contribution in [2.45, 2.75) is 24.1 Å². The van der Waals surface area contributed by atoms with Crippen LogP contribution in [0.4, 0.5) is 17.6 Å². The molecule has 0 aliphatic carbocycles. The summed E-state index contributed by atoms with van der Waals surface area (Å²) in [6, 6.07) is 13.6. The van der Waals surface area contributed by atoms with Gasteiger partial charge in [-0.1, -0.05) is 47.5 Å². The molecular weight excluding hydrogens is 539 g/mol.